The highest BCUT2D eigenvalue weighted by molar-refractivity contribution is 5.88. The van der Waals surface area contributed by atoms with E-state index in [9.17, 15) is 13.2 Å². The number of rotatable bonds is 2. The van der Waals surface area contributed by atoms with E-state index >= 15 is 0 Å². The predicted octanol–water partition coefficient (Wildman–Crippen LogP) is 6.28. The molecule has 3 heterocycles. The van der Waals surface area contributed by atoms with Gasteiger partial charge in [-0.2, -0.15) is 13.2 Å². The van der Waals surface area contributed by atoms with Crippen molar-refractivity contribution in [3.63, 3.8) is 0 Å². The van der Waals surface area contributed by atoms with Crippen LogP contribution >= 0.6 is 0 Å². The number of allylic oxidation sites excluding steroid dienone is 2. The molecule has 0 amide bonds. The molecule has 0 bridgehead atoms. The average molecular weight is 496 g/mol. The number of hydrogen-bond donors (Lipinski definition) is 0. The van der Waals surface area contributed by atoms with Crippen molar-refractivity contribution >= 4 is 22.4 Å². The second kappa shape index (κ2) is 7.74. The molecule has 0 aromatic heterocycles. The van der Waals surface area contributed by atoms with Crippen LogP contribution < -0.4 is 24.8 Å². The third kappa shape index (κ3) is 3.52. The number of fused-ring (bicyclic) bond motifs is 4. The van der Waals surface area contributed by atoms with E-state index in [-0.39, 0.29) is 33.4 Å². The van der Waals surface area contributed by atoms with Gasteiger partial charge in [-0.1, -0.05) is 6.08 Å². The number of benzene rings is 2. The summed E-state index contributed by atoms with van der Waals surface area (Å²) in [6.45, 7) is 18.0. The largest absolute Gasteiger partial charge is 0.456 e. The maximum atomic E-state index is 14.7. The number of nitrogens with zero attached hydrogens (tertiary/aromatic N) is 2. The van der Waals surface area contributed by atoms with Crippen molar-refractivity contribution in [1.29, 1.82) is 0 Å². The van der Waals surface area contributed by atoms with E-state index in [1.807, 2.05) is 13.8 Å². The van der Waals surface area contributed by atoms with E-state index in [1.165, 1.54) is 0 Å². The Kier molecular flexibility index (Phi) is 5.30. The van der Waals surface area contributed by atoms with Crippen LogP contribution in [0.5, 0.6) is 11.5 Å². The minimum Gasteiger partial charge on any atom is -0.456 e. The molecule has 0 aliphatic carbocycles. The number of anilines is 1. The molecule has 0 saturated carbocycles. The highest BCUT2D eigenvalue weighted by Gasteiger charge is 2.42. The zero-order valence-corrected chi connectivity index (χ0v) is 22.3. The first kappa shape index (κ1) is 24.7. The van der Waals surface area contributed by atoms with E-state index < -0.39 is 11.7 Å². The van der Waals surface area contributed by atoms with Gasteiger partial charge in [0.1, 0.15) is 18.0 Å². The van der Waals surface area contributed by atoms with Crippen LogP contribution in [0.2, 0.25) is 0 Å². The molecule has 0 spiro atoms. The lowest BCUT2D eigenvalue weighted by Crippen LogP contribution is -2.49. The molecule has 2 aromatic carbocycles. The molecule has 3 aliphatic rings. The van der Waals surface area contributed by atoms with Crippen LogP contribution in [0.25, 0.3) is 16.7 Å². The maximum Gasteiger partial charge on any atom is 0.417 e. The van der Waals surface area contributed by atoms with Gasteiger partial charge in [0, 0.05) is 54.1 Å². The van der Waals surface area contributed by atoms with Gasteiger partial charge in [0.25, 0.3) is 0 Å². The second-order valence-corrected chi connectivity index (χ2v) is 11.2. The SMILES string of the molecule is CCN1c2cc3c(cc2C(C)=CC1(C)C)C(C(F)(F)F)=c1cc2c(cc1O3)=[N+](CC)C(C)(C)C=C2C. The van der Waals surface area contributed by atoms with E-state index in [4.69, 9.17) is 4.74 Å². The van der Waals surface area contributed by atoms with E-state index in [0.717, 1.165) is 46.4 Å². The van der Waals surface area contributed by atoms with Gasteiger partial charge in [0.2, 0.25) is 5.36 Å². The van der Waals surface area contributed by atoms with Crippen molar-refractivity contribution in [3.05, 3.63) is 63.7 Å². The fourth-order valence-corrected chi connectivity index (χ4v) is 6.49. The lowest BCUT2D eigenvalue weighted by Gasteiger charge is -2.43. The summed E-state index contributed by atoms with van der Waals surface area (Å²) in [5.74, 6) is 0.505. The van der Waals surface area contributed by atoms with Gasteiger partial charge in [-0.15, -0.1) is 0 Å². The zero-order chi connectivity index (χ0) is 26.4. The molecule has 0 saturated heterocycles. The first-order chi connectivity index (χ1) is 16.7. The molecule has 0 fully saturated rings. The minimum absolute atomic E-state index is 0.0994. The molecular formula is C30H34F3N2O+. The van der Waals surface area contributed by atoms with Crippen molar-refractivity contribution in [2.75, 3.05) is 18.0 Å². The molecule has 0 radical (unpaired) electrons. The molecule has 0 atom stereocenters. The van der Waals surface area contributed by atoms with Crippen molar-refractivity contribution in [2.45, 2.75) is 72.6 Å². The van der Waals surface area contributed by atoms with E-state index in [2.05, 4.69) is 63.2 Å². The third-order valence-electron chi connectivity index (χ3n) is 7.83. The molecule has 190 valence electrons. The Hall–Kier alpha value is -3.02. The minimum atomic E-state index is -4.54. The van der Waals surface area contributed by atoms with Crippen molar-refractivity contribution in [2.24, 2.45) is 0 Å². The van der Waals surface area contributed by atoms with E-state index in [1.54, 1.807) is 24.3 Å². The summed E-state index contributed by atoms with van der Waals surface area (Å²) in [5.41, 5.74) is 3.44. The van der Waals surface area contributed by atoms with Gasteiger partial charge < -0.3 is 9.64 Å². The van der Waals surface area contributed by atoms with Gasteiger partial charge in [0.05, 0.1) is 17.2 Å². The summed E-state index contributed by atoms with van der Waals surface area (Å²) in [6, 6.07) is 6.94. The van der Waals surface area contributed by atoms with Crippen LogP contribution in [0, 0.1) is 0 Å². The third-order valence-corrected chi connectivity index (χ3v) is 7.83. The highest BCUT2D eigenvalue weighted by Crippen LogP contribution is 2.48. The molecule has 0 unspecified atom stereocenters. The number of alkyl halides is 3. The Morgan fingerprint density at radius 3 is 2.14 bits per heavy atom. The quantitative estimate of drug-likeness (QED) is 0.456. The Morgan fingerprint density at radius 2 is 1.53 bits per heavy atom. The first-order valence-electron chi connectivity index (χ1n) is 12.6. The van der Waals surface area contributed by atoms with Crippen molar-refractivity contribution in [3.8, 4) is 11.5 Å². The summed E-state index contributed by atoms with van der Waals surface area (Å²) in [4.78, 5) is 2.21. The van der Waals surface area contributed by atoms with E-state index in [0.29, 0.717) is 0 Å². The Balaban J connectivity index is 1.88. The molecular weight excluding hydrogens is 461 g/mol. The number of halogens is 3. The number of likely N-dealkylation sites (N-methyl/N-ethyl adjacent to an activating group) is 2. The van der Waals surface area contributed by atoms with Crippen molar-refractivity contribution < 1.29 is 17.9 Å². The molecule has 5 rings (SSSR count). The monoisotopic (exact) mass is 495 g/mol. The lowest BCUT2D eigenvalue weighted by molar-refractivity contribution is -0.0698. The number of hydrogen-bond acceptors (Lipinski definition) is 2. The summed E-state index contributed by atoms with van der Waals surface area (Å²) >= 11 is 0. The molecule has 3 aliphatic heterocycles. The summed E-state index contributed by atoms with van der Waals surface area (Å²) in [5, 5.41) is 1.00. The fourth-order valence-electron chi connectivity index (χ4n) is 6.49. The lowest BCUT2D eigenvalue weighted by atomic mass is 9.85. The smallest absolute Gasteiger partial charge is 0.417 e. The van der Waals surface area contributed by atoms with Crippen LogP contribution in [0.3, 0.4) is 0 Å². The summed E-state index contributed by atoms with van der Waals surface area (Å²) in [7, 11) is 0. The zero-order valence-electron chi connectivity index (χ0n) is 22.3. The molecule has 2 aromatic rings. The van der Waals surface area contributed by atoms with Crippen LogP contribution in [0.4, 0.5) is 18.9 Å². The Morgan fingerprint density at radius 1 is 0.861 bits per heavy atom. The Bertz CT molecular complexity index is 1490. The topological polar surface area (TPSA) is 15.5 Å². The summed E-state index contributed by atoms with van der Waals surface area (Å²) in [6.07, 6.45) is -0.286. The van der Waals surface area contributed by atoms with Gasteiger partial charge in [-0.3, -0.25) is 0 Å². The second-order valence-electron chi connectivity index (χ2n) is 11.2. The van der Waals surface area contributed by atoms with Gasteiger partial charge >= 0.3 is 6.18 Å². The molecule has 6 heteroatoms. The average Bonchev–Trinajstić information content (AvgIpc) is 2.74. The van der Waals surface area contributed by atoms with Crippen LogP contribution in [0.15, 0.2) is 36.4 Å². The van der Waals surface area contributed by atoms with Gasteiger partial charge in [-0.25, -0.2) is 4.58 Å². The van der Waals surface area contributed by atoms with Crippen LogP contribution in [0.1, 0.15) is 72.1 Å². The molecule has 0 N–H and O–H groups in total. The normalized spacial score (nSPS) is 19.5. The first-order valence-corrected chi connectivity index (χ1v) is 12.6. The predicted molar refractivity (Wildman–Crippen MR) is 141 cm³/mol. The fraction of sp³-hybridized carbons (Fsp3) is 0.433. The molecule has 3 nitrogen and oxygen atoms in total. The Labute approximate surface area is 210 Å². The highest BCUT2D eigenvalue weighted by atomic mass is 19.4. The molecule has 36 heavy (non-hydrogen) atoms. The summed E-state index contributed by atoms with van der Waals surface area (Å²) < 4.78 is 52.8. The van der Waals surface area contributed by atoms with Gasteiger partial charge in [-0.05, 0) is 70.9 Å². The standard InChI is InChI=1S/C30H34F3N2O/c1-9-34-23-13-25-21(11-19(23)17(3)15-28(34,5)6)27(30(31,32)33)22-12-20-18(4)16-29(7,8)35(10-2)24(20)14-26(22)36-25/h11-16H,9-10H2,1-8H3/q+1. The van der Waals surface area contributed by atoms with Crippen LogP contribution in [-0.2, 0) is 0 Å². The van der Waals surface area contributed by atoms with Gasteiger partial charge in [0.15, 0.2) is 5.54 Å². The van der Waals surface area contributed by atoms with Crippen molar-refractivity contribution in [1.82, 2.24) is 4.58 Å². The number of ether oxygens (including phenoxy) is 1. The maximum absolute atomic E-state index is 14.7. The van der Waals surface area contributed by atoms with Crippen LogP contribution in [-0.4, -0.2) is 30.3 Å².